The second kappa shape index (κ2) is 4.52. The normalized spacial score (nSPS) is 27.7. The predicted octanol–water partition coefficient (Wildman–Crippen LogP) is 1.58. The Labute approximate surface area is 106 Å². The van der Waals surface area contributed by atoms with Gasteiger partial charge >= 0.3 is 0 Å². The van der Waals surface area contributed by atoms with Gasteiger partial charge < -0.3 is 11.1 Å². The van der Waals surface area contributed by atoms with Gasteiger partial charge in [0.1, 0.15) is 0 Å². The molecule has 3 heteroatoms. The number of hydrogen-bond acceptors (Lipinski definition) is 3. The summed E-state index contributed by atoms with van der Waals surface area (Å²) in [5.41, 5.74) is 6.24. The van der Waals surface area contributed by atoms with Gasteiger partial charge in [-0.25, -0.2) is 0 Å². The van der Waals surface area contributed by atoms with Gasteiger partial charge in [0.05, 0.1) is 0 Å². The van der Waals surface area contributed by atoms with Crippen LogP contribution in [0.25, 0.3) is 0 Å². The van der Waals surface area contributed by atoms with Crippen molar-refractivity contribution in [2.45, 2.75) is 64.6 Å². The molecule has 1 heterocycles. The molecule has 0 aromatic heterocycles. The van der Waals surface area contributed by atoms with Crippen molar-refractivity contribution < 1.29 is 0 Å². The zero-order valence-corrected chi connectivity index (χ0v) is 11.9. The molecule has 0 bridgehead atoms. The van der Waals surface area contributed by atoms with Crippen LogP contribution in [0.1, 0.15) is 47.0 Å². The lowest BCUT2D eigenvalue weighted by Crippen LogP contribution is -2.53. The minimum Gasteiger partial charge on any atom is -0.325 e. The number of nitrogens with one attached hydrogen (secondary N) is 1. The molecule has 2 fully saturated rings. The van der Waals surface area contributed by atoms with Gasteiger partial charge in [-0.1, -0.05) is 13.8 Å². The lowest BCUT2D eigenvalue weighted by atomic mass is 9.75. The van der Waals surface area contributed by atoms with Gasteiger partial charge in [0.15, 0.2) is 0 Å². The van der Waals surface area contributed by atoms with Crippen LogP contribution in [0.3, 0.4) is 0 Å². The summed E-state index contributed by atoms with van der Waals surface area (Å²) in [7, 11) is 0. The minimum atomic E-state index is -0.130. The summed E-state index contributed by atoms with van der Waals surface area (Å²) in [6.45, 7) is 12.3. The maximum Gasteiger partial charge on any atom is 0.0207 e. The summed E-state index contributed by atoms with van der Waals surface area (Å²) >= 11 is 0. The van der Waals surface area contributed by atoms with Gasteiger partial charge in [-0.3, -0.25) is 4.90 Å². The van der Waals surface area contributed by atoms with Crippen LogP contribution >= 0.6 is 0 Å². The zero-order valence-electron chi connectivity index (χ0n) is 11.9. The third-order valence-corrected chi connectivity index (χ3v) is 4.86. The summed E-state index contributed by atoms with van der Waals surface area (Å²) < 4.78 is 0. The molecule has 3 nitrogen and oxygen atoms in total. The minimum absolute atomic E-state index is 0.130. The molecule has 0 aromatic rings. The average Bonchev–Trinajstić information content (AvgIpc) is 2.94. The Morgan fingerprint density at radius 1 is 1.18 bits per heavy atom. The van der Waals surface area contributed by atoms with Crippen molar-refractivity contribution in [1.82, 2.24) is 10.2 Å². The number of nitrogens with two attached hydrogens (primary N) is 1. The maximum absolute atomic E-state index is 6.23. The number of nitrogens with zero attached hydrogens (tertiary/aromatic N) is 1. The van der Waals surface area contributed by atoms with Gasteiger partial charge in [0.2, 0.25) is 0 Å². The van der Waals surface area contributed by atoms with E-state index in [1.807, 2.05) is 0 Å². The Hall–Kier alpha value is -0.120. The second-order valence-electron chi connectivity index (χ2n) is 7.20. The number of likely N-dealkylation sites (tertiary alicyclic amines) is 1. The van der Waals surface area contributed by atoms with Gasteiger partial charge in [0.25, 0.3) is 0 Å². The smallest absolute Gasteiger partial charge is 0.0207 e. The molecule has 100 valence electrons. The van der Waals surface area contributed by atoms with Gasteiger partial charge in [-0.15, -0.1) is 0 Å². The summed E-state index contributed by atoms with van der Waals surface area (Å²) in [6.07, 6.45) is 4.15. The first kappa shape index (κ1) is 13.3. The Bertz CT molecular complexity index is 263. The average molecular weight is 239 g/mol. The van der Waals surface area contributed by atoms with Crippen LogP contribution in [-0.4, -0.2) is 42.2 Å². The molecule has 1 unspecified atom stereocenters. The molecule has 2 aliphatic rings. The van der Waals surface area contributed by atoms with Crippen LogP contribution in [0.4, 0.5) is 0 Å². The summed E-state index contributed by atoms with van der Waals surface area (Å²) in [6, 6.07) is 1.60. The Balaban J connectivity index is 1.75. The molecular weight excluding hydrogens is 210 g/mol. The molecule has 0 aromatic carbocycles. The van der Waals surface area contributed by atoms with Crippen LogP contribution in [-0.2, 0) is 0 Å². The van der Waals surface area contributed by atoms with Crippen molar-refractivity contribution in [2.24, 2.45) is 11.1 Å². The molecule has 17 heavy (non-hydrogen) atoms. The highest BCUT2D eigenvalue weighted by Gasteiger charge is 2.37. The van der Waals surface area contributed by atoms with Crippen LogP contribution in [0.2, 0.25) is 0 Å². The Morgan fingerprint density at radius 3 is 2.35 bits per heavy atom. The van der Waals surface area contributed by atoms with E-state index in [0.29, 0.717) is 6.04 Å². The van der Waals surface area contributed by atoms with E-state index >= 15 is 0 Å². The first-order chi connectivity index (χ1) is 7.79. The first-order valence-corrected chi connectivity index (χ1v) is 7.06. The highest BCUT2D eigenvalue weighted by molar-refractivity contribution is 4.95. The van der Waals surface area contributed by atoms with E-state index in [1.165, 1.54) is 32.4 Å². The fraction of sp³-hybridized carbons (Fsp3) is 1.00. The van der Waals surface area contributed by atoms with E-state index in [1.54, 1.807) is 0 Å². The van der Waals surface area contributed by atoms with Crippen LogP contribution in [0, 0.1) is 5.41 Å². The highest BCUT2D eigenvalue weighted by Crippen LogP contribution is 2.31. The maximum atomic E-state index is 6.23. The first-order valence-electron chi connectivity index (χ1n) is 7.06. The van der Waals surface area contributed by atoms with Crippen molar-refractivity contribution in [3.05, 3.63) is 0 Å². The highest BCUT2D eigenvalue weighted by atomic mass is 15.2. The molecule has 0 radical (unpaired) electrons. The third-order valence-electron chi connectivity index (χ3n) is 4.86. The van der Waals surface area contributed by atoms with Crippen LogP contribution < -0.4 is 11.1 Å². The topological polar surface area (TPSA) is 41.3 Å². The fourth-order valence-corrected chi connectivity index (χ4v) is 2.35. The van der Waals surface area contributed by atoms with Crippen molar-refractivity contribution in [1.29, 1.82) is 0 Å². The fourth-order valence-electron chi connectivity index (χ4n) is 2.35. The predicted molar refractivity (Wildman–Crippen MR) is 73.1 cm³/mol. The van der Waals surface area contributed by atoms with Gasteiger partial charge in [-0.2, -0.15) is 0 Å². The number of hydrogen-bond donors (Lipinski definition) is 2. The van der Waals surface area contributed by atoms with E-state index in [9.17, 15) is 0 Å². The van der Waals surface area contributed by atoms with Crippen molar-refractivity contribution >= 4 is 0 Å². The molecule has 3 N–H and O–H groups in total. The van der Waals surface area contributed by atoms with E-state index in [2.05, 4.69) is 37.9 Å². The van der Waals surface area contributed by atoms with Gasteiger partial charge in [0, 0.05) is 37.3 Å². The molecule has 0 amide bonds. The van der Waals surface area contributed by atoms with Crippen LogP contribution in [0.5, 0.6) is 0 Å². The third kappa shape index (κ3) is 3.21. The standard InChI is InChI=1S/C14H29N3/c1-13(2,14(3,4)15)10-16-11-7-8-17(9-11)12-5-6-12/h11-12,16H,5-10,15H2,1-4H3. The summed E-state index contributed by atoms with van der Waals surface area (Å²) in [5.74, 6) is 0. The SMILES string of the molecule is CC(C)(N)C(C)(C)CNC1CCN(C2CC2)C1. The Kier molecular flexibility index (Phi) is 3.54. The molecule has 0 spiro atoms. The molecule has 2 rings (SSSR count). The lowest BCUT2D eigenvalue weighted by Gasteiger charge is -2.39. The number of rotatable bonds is 5. The molecule has 1 saturated heterocycles. The molecular formula is C14H29N3. The molecule has 1 atom stereocenters. The molecule has 1 aliphatic heterocycles. The molecule has 1 aliphatic carbocycles. The summed E-state index contributed by atoms with van der Waals surface area (Å²) in [5, 5.41) is 3.72. The second-order valence-corrected chi connectivity index (χ2v) is 7.20. The van der Waals surface area contributed by atoms with Crippen molar-refractivity contribution in [2.75, 3.05) is 19.6 Å². The lowest BCUT2D eigenvalue weighted by molar-refractivity contribution is 0.187. The van der Waals surface area contributed by atoms with E-state index in [0.717, 1.165) is 12.6 Å². The molecule has 1 saturated carbocycles. The van der Waals surface area contributed by atoms with Crippen molar-refractivity contribution in [3.8, 4) is 0 Å². The largest absolute Gasteiger partial charge is 0.325 e. The zero-order chi connectivity index (χ0) is 12.7. The quantitative estimate of drug-likeness (QED) is 0.765. The van der Waals surface area contributed by atoms with E-state index in [-0.39, 0.29) is 11.0 Å². The monoisotopic (exact) mass is 239 g/mol. The summed E-state index contributed by atoms with van der Waals surface area (Å²) in [4.78, 5) is 2.65. The van der Waals surface area contributed by atoms with Gasteiger partial charge in [-0.05, 0) is 38.5 Å². The van der Waals surface area contributed by atoms with Crippen molar-refractivity contribution in [3.63, 3.8) is 0 Å². The van der Waals surface area contributed by atoms with Crippen LogP contribution in [0.15, 0.2) is 0 Å². The van der Waals surface area contributed by atoms with E-state index < -0.39 is 0 Å². The van der Waals surface area contributed by atoms with E-state index in [4.69, 9.17) is 5.73 Å². The Morgan fingerprint density at radius 2 is 1.82 bits per heavy atom.